The molecule has 64 valence electrons. The third kappa shape index (κ3) is 2.33. The molecule has 1 aliphatic heterocycles. The summed E-state index contributed by atoms with van der Waals surface area (Å²) < 4.78 is 0. The molecule has 0 saturated heterocycles. The van der Waals surface area contributed by atoms with E-state index in [1.165, 1.54) is 12.0 Å². The van der Waals surface area contributed by atoms with E-state index in [4.69, 9.17) is 0 Å². The van der Waals surface area contributed by atoms with Crippen molar-refractivity contribution >= 4 is 0 Å². The predicted octanol–water partition coefficient (Wildman–Crippen LogP) is 2.34. The highest BCUT2D eigenvalue weighted by atomic mass is 14.9. The molecule has 1 aliphatic rings. The van der Waals surface area contributed by atoms with Gasteiger partial charge in [-0.15, -0.1) is 0 Å². The largest absolute Gasteiger partial charge is 0.310 e. The molecule has 0 spiro atoms. The van der Waals surface area contributed by atoms with E-state index in [0.717, 1.165) is 6.54 Å². The fraction of sp³-hybridized carbons (Fsp3) is 0.800. The molecule has 0 aliphatic carbocycles. The molecule has 0 aromatic heterocycles. The minimum Gasteiger partial charge on any atom is -0.310 e. The van der Waals surface area contributed by atoms with E-state index in [-0.39, 0.29) is 0 Å². The van der Waals surface area contributed by atoms with Gasteiger partial charge in [0.1, 0.15) is 0 Å². The van der Waals surface area contributed by atoms with Crippen molar-refractivity contribution in [1.29, 1.82) is 0 Å². The summed E-state index contributed by atoms with van der Waals surface area (Å²) in [5, 5.41) is 3.51. The lowest BCUT2D eigenvalue weighted by Crippen LogP contribution is -2.41. The highest BCUT2D eigenvalue weighted by Crippen LogP contribution is 2.23. The number of nitrogens with one attached hydrogen (secondary N) is 1. The Kier molecular flexibility index (Phi) is 2.38. The lowest BCUT2D eigenvalue weighted by Gasteiger charge is -2.32. The molecular formula is C10H19N. The normalized spacial score (nSPS) is 26.5. The summed E-state index contributed by atoms with van der Waals surface area (Å²) in [6.45, 7) is 10.2. The van der Waals surface area contributed by atoms with E-state index in [9.17, 15) is 0 Å². The third-order valence-electron chi connectivity index (χ3n) is 2.27. The number of rotatable bonds is 0. The average Bonchev–Trinajstić information content (AvgIpc) is 1.86. The second-order valence-corrected chi connectivity index (χ2v) is 4.56. The van der Waals surface area contributed by atoms with Crippen LogP contribution < -0.4 is 5.32 Å². The molecule has 0 aromatic rings. The zero-order chi connectivity index (χ0) is 8.48. The summed E-state index contributed by atoms with van der Waals surface area (Å²) >= 11 is 0. The van der Waals surface area contributed by atoms with Crippen LogP contribution in [0.3, 0.4) is 0 Å². The van der Waals surface area contributed by atoms with Gasteiger partial charge >= 0.3 is 0 Å². The first-order chi connectivity index (χ1) is 5.00. The maximum atomic E-state index is 3.51. The Morgan fingerprint density at radius 3 is 2.45 bits per heavy atom. The van der Waals surface area contributed by atoms with Crippen molar-refractivity contribution in [2.24, 2.45) is 5.41 Å². The van der Waals surface area contributed by atoms with E-state index in [2.05, 4.69) is 39.1 Å². The van der Waals surface area contributed by atoms with Gasteiger partial charge in [0, 0.05) is 6.04 Å². The van der Waals surface area contributed by atoms with Gasteiger partial charge < -0.3 is 5.32 Å². The monoisotopic (exact) mass is 153 g/mol. The fourth-order valence-corrected chi connectivity index (χ4v) is 1.41. The van der Waals surface area contributed by atoms with E-state index < -0.39 is 0 Å². The zero-order valence-electron chi connectivity index (χ0n) is 8.07. The van der Waals surface area contributed by atoms with Gasteiger partial charge in [0.05, 0.1) is 0 Å². The van der Waals surface area contributed by atoms with E-state index >= 15 is 0 Å². The molecule has 1 nitrogen and oxygen atoms in total. The van der Waals surface area contributed by atoms with Gasteiger partial charge in [-0.05, 0) is 25.3 Å². The SMILES string of the molecule is CC1=CC(C(C)(C)C)NCC1. The number of hydrogen-bond acceptors (Lipinski definition) is 1. The van der Waals surface area contributed by atoms with E-state index in [1.54, 1.807) is 0 Å². The highest BCUT2D eigenvalue weighted by molar-refractivity contribution is 5.11. The van der Waals surface area contributed by atoms with Gasteiger partial charge in [-0.25, -0.2) is 0 Å². The predicted molar refractivity (Wildman–Crippen MR) is 49.6 cm³/mol. The maximum Gasteiger partial charge on any atom is 0.0301 e. The van der Waals surface area contributed by atoms with Gasteiger partial charge in [-0.1, -0.05) is 32.4 Å². The van der Waals surface area contributed by atoms with Crippen LogP contribution in [0.2, 0.25) is 0 Å². The molecular weight excluding hydrogens is 134 g/mol. The Balaban J connectivity index is 2.67. The Hall–Kier alpha value is -0.300. The second-order valence-electron chi connectivity index (χ2n) is 4.56. The lowest BCUT2D eigenvalue weighted by molar-refractivity contribution is 0.306. The number of hydrogen-bond donors (Lipinski definition) is 1. The van der Waals surface area contributed by atoms with Crippen molar-refractivity contribution < 1.29 is 0 Å². The molecule has 11 heavy (non-hydrogen) atoms. The standard InChI is InChI=1S/C10H19N/c1-8-5-6-11-9(7-8)10(2,3)4/h7,9,11H,5-6H2,1-4H3. The van der Waals surface area contributed by atoms with E-state index in [0.29, 0.717) is 11.5 Å². The fourth-order valence-electron chi connectivity index (χ4n) is 1.41. The van der Waals surface area contributed by atoms with Crippen LogP contribution in [0.15, 0.2) is 11.6 Å². The van der Waals surface area contributed by atoms with Crippen LogP contribution in [-0.2, 0) is 0 Å². The smallest absolute Gasteiger partial charge is 0.0301 e. The Bertz CT molecular complexity index is 162. The minimum absolute atomic E-state index is 0.363. The van der Waals surface area contributed by atoms with Gasteiger partial charge in [-0.3, -0.25) is 0 Å². The zero-order valence-corrected chi connectivity index (χ0v) is 8.07. The first-order valence-corrected chi connectivity index (χ1v) is 4.41. The van der Waals surface area contributed by atoms with Gasteiger partial charge in [0.25, 0.3) is 0 Å². The lowest BCUT2D eigenvalue weighted by atomic mass is 9.84. The summed E-state index contributed by atoms with van der Waals surface area (Å²) in [7, 11) is 0. The summed E-state index contributed by atoms with van der Waals surface area (Å²) in [6, 6.07) is 0.566. The van der Waals surface area contributed by atoms with Crippen LogP contribution in [0.25, 0.3) is 0 Å². The molecule has 1 heteroatoms. The first kappa shape index (κ1) is 8.79. The van der Waals surface area contributed by atoms with Gasteiger partial charge in [0.15, 0.2) is 0 Å². The van der Waals surface area contributed by atoms with Crippen LogP contribution in [-0.4, -0.2) is 12.6 Å². The van der Waals surface area contributed by atoms with Crippen LogP contribution in [0.1, 0.15) is 34.1 Å². The summed E-state index contributed by atoms with van der Waals surface area (Å²) in [5.41, 5.74) is 1.89. The summed E-state index contributed by atoms with van der Waals surface area (Å²) in [4.78, 5) is 0. The van der Waals surface area contributed by atoms with Crippen molar-refractivity contribution in [2.45, 2.75) is 40.2 Å². The molecule has 1 unspecified atom stereocenters. The second kappa shape index (κ2) is 2.98. The molecule has 0 bridgehead atoms. The third-order valence-corrected chi connectivity index (χ3v) is 2.27. The Morgan fingerprint density at radius 2 is 2.09 bits per heavy atom. The molecule has 1 atom stereocenters. The van der Waals surface area contributed by atoms with Gasteiger partial charge in [-0.2, -0.15) is 0 Å². The van der Waals surface area contributed by atoms with Crippen molar-refractivity contribution in [3.8, 4) is 0 Å². The minimum atomic E-state index is 0.363. The summed E-state index contributed by atoms with van der Waals surface area (Å²) in [6.07, 6.45) is 3.58. The molecule has 1 heterocycles. The molecule has 1 N–H and O–H groups in total. The molecule has 0 fully saturated rings. The van der Waals surface area contributed by atoms with Gasteiger partial charge in [0.2, 0.25) is 0 Å². The van der Waals surface area contributed by atoms with Crippen molar-refractivity contribution in [3.05, 3.63) is 11.6 Å². The van der Waals surface area contributed by atoms with E-state index in [1.807, 2.05) is 0 Å². The molecule has 0 saturated carbocycles. The molecule has 0 aromatic carbocycles. The van der Waals surface area contributed by atoms with Crippen LogP contribution in [0, 0.1) is 5.41 Å². The Morgan fingerprint density at radius 1 is 1.45 bits per heavy atom. The molecule has 1 rings (SSSR count). The van der Waals surface area contributed by atoms with Crippen molar-refractivity contribution in [1.82, 2.24) is 5.32 Å². The quantitative estimate of drug-likeness (QED) is 0.527. The first-order valence-electron chi connectivity index (χ1n) is 4.41. The van der Waals surface area contributed by atoms with Crippen LogP contribution in [0.4, 0.5) is 0 Å². The topological polar surface area (TPSA) is 12.0 Å². The van der Waals surface area contributed by atoms with Crippen molar-refractivity contribution in [3.63, 3.8) is 0 Å². The van der Waals surface area contributed by atoms with Crippen LogP contribution in [0.5, 0.6) is 0 Å². The van der Waals surface area contributed by atoms with Crippen LogP contribution >= 0.6 is 0 Å². The summed E-state index contributed by atoms with van der Waals surface area (Å²) in [5.74, 6) is 0. The maximum absolute atomic E-state index is 3.51. The average molecular weight is 153 g/mol. The highest BCUT2D eigenvalue weighted by Gasteiger charge is 2.23. The molecule has 0 amide bonds. The Labute approximate surface area is 69.9 Å². The molecule has 0 radical (unpaired) electrons. The van der Waals surface area contributed by atoms with Crippen molar-refractivity contribution in [2.75, 3.05) is 6.54 Å².